The first-order valence-corrected chi connectivity index (χ1v) is 7.41. The summed E-state index contributed by atoms with van der Waals surface area (Å²) < 4.78 is 1.26. The smallest absolute Gasteiger partial charge is 0.321 e. The first-order chi connectivity index (χ1) is 8.70. The van der Waals surface area contributed by atoms with Crippen molar-refractivity contribution in [2.24, 2.45) is 5.73 Å². The Balaban J connectivity index is 2.85. The number of nitrogens with two attached hydrogens (primary N) is 1. The second kappa shape index (κ2) is 6.15. The van der Waals surface area contributed by atoms with Gasteiger partial charge in [-0.15, -0.1) is 11.8 Å². The number of nitrogens with zero attached hydrogens (tertiary/aromatic N) is 2. The Morgan fingerprint density at radius 1 is 1.63 bits per heavy atom. The van der Waals surface area contributed by atoms with Gasteiger partial charge >= 0.3 is 5.97 Å². The van der Waals surface area contributed by atoms with Crippen LogP contribution < -0.4 is 5.73 Å². The number of carbonyl (C=O) groups is 1. The lowest BCUT2D eigenvalue weighted by atomic mass is 10.1. The van der Waals surface area contributed by atoms with Crippen LogP contribution in [0, 0.1) is 6.92 Å². The Kier molecular flexibility index (Phi) is 5.29. The molecule has 1 heterocycles. The van der Waals surface area contributed by atoms with Gasteiger partial charge in [0.05, 0.1) is 16.4 Å². The summed E-state index contributed by atoms with van der Waals surface area (Å²) in [6.45, 7) is 8.23. The molecule has 0 bridgehead atoms. The predicted octanol–water partition coefficient (Wildman–Crippen LogP) is 2.29. The van der Waals surface area contributed by atoms with Gasteiger partial charge in [0.1, 0.15) is 6.04 Å². The molecule has 5 nitrogen and oxygen atoms in total. The molecule has 1 rings (SSSR count). The number of carboxylic acid groups (broad SMARTS) is 1. The van der Waals surface area contributed by atoms with Crippen LogP contribution in [0.5, 0.6) is 0 Å². The van der Waals surface area contributed by atoms with Gasteiger partial charge in [-0.05, 0) is 27.7 Å². The summed E-state index contributed by atoms with van der Waals surface area (Å²) in [6.07, 6.45) is 0. The standard InChI is InChI=1S/C12H20ClN3O2S/c1-5-16-8(9(13)7(2)15-16)6-19-12(3,4)10(14)11(17)18/h10H,5-6,14H2,1-4H3,(H,17,18)/t10-/m1/s1. The van der Waals surface area contributed by atoms with Crippen molar-refractivity contribution >= 4 is 29.3 Å². The average Bonchev–Trinajstić information content (AvgIpc) is 2.61. The lowest BCUT2D eigenvalue weighted by Crippen LogP contribution is -2.46. The number of hydrogen-bond donors (Lipinski definition) is 2. The molecule has 0 saturated carbocycles. The van der Waals surface area contributed by atoms with Crippen LogP contribution in [-0.2, 0) is 17.1 Å². The van der Waals surface area contributed by atoms with Crippen molar-refractivity contribution in [1.82, 2.24) is 9.78 Å². The van der Waals surface area contributed by atoms with Crippen LogP contribution in [0.2, 0.25) is 5.02 Å². The number of aromatic nitrogens is 2. The van der Waals surface area contributed by atoms with E-state index in [9.17, 15) is 4.79 Å². The summed E-state index contributed by atoms with van der Waals surface area (Å²) in [5.74, 6) is -0.412. The van der Waals surface area contributed by atoms with Gasteiger partial charge in [0.25, 0.3) is 0 Å². The second-order valence-electron chi connectivity index (χ2n) is 4.87. The molecule has 0 aliphatic heterocycles. The molecule has 1 atom stereocenters. The number of rotatable bonds is 6. The third-order valence-electron chi connectivity index (χ3n) is 3.05. The maximum atomic E-state index is 11.0. The van der Waals surface area contributed by atoms with Gasteiger partial charge in [0.2, 0.25) is 0 Å². The summed E-state index contributed by atoms with van der Waals surface area (Å²) >= 11 is 7.69. The molecule has 0 saturated heterocycles. The topological polar surface area (TPSA) is 81.1 Å². The molecule has 3 N–H and O–H groups in total. The summed E-state index contributed by atoms with van der Waals surface area (Å²) in [7, 11) is 0. The normalized spacial score (nSPS) is 13.6. The predicted molar refractivity (Wildman–Crippen MR) is 78.6 cm³/mol. The molecular formula is C12H20ClN3O2S. The van der Waals surface area contributed by atoms with Gasteiger partial charge in [-0.3, -0.25) is 9.48 Å². The highest BCUT2D eigenvalue weighted by atomic mass is 35.5. The Morgan fingerprint density at radius 2 is 2.21 bits per heavy atom. The van der Waals surface area contributed by atoms with Crippen LogP contribution in [0.4, 0.5) is 0 Å². The van der Waals surface area contributed by atoms with E-state index in [0.29, 0.717) is 10.8 Å². The lowest BCUT2D eigenvalue weighted by molar-refractivity contribution is -0.139. The lowest BCUT2D eigenvalue weighted by Gasteiger charge is -2.28. The van der Waals surface area contributed by atoms with Gasteiger partial charge in [0.15, 0.2) is 0 Å². The highest BCUT2D eigenvalue weighted by Crippen LogP contribution is 2.33. The Morgan fingerprint density at radius 3 is 2.68 bits per heavy atom. The third kappa shape index (κ3) is 3.64. The molecule has 7 heteroatoms. The molecule has 19 heavy (non-hydrogen) atoms. The average molecular weight is 306 g/mol. The third-order valence-corrected chi connectivity index (χ3v) is 4.96. The summed E-state index contributed by atoms with van der Waals surface area (Å²) in [6, 6.07) is -0.921. The molecule has 0 aliphatic carbocycles. The highest BCUT2D eigenvalue weighted by Gasteiger charge is 2.33. The fraction of sp³-hybridized carbons (Fsp3) is 0.667. The van der Waals surface area contributed by atoms with E-state index in [1.165, 1.54) is 11.8 Å². The molecule has 0 amide bonds. The van der Waals surface area contributed by atoms with Crippen LogP contribution in [0.15, 0.2) is 0 Å². The van der Waals surface area contributed by atoms with E-state index in [2.05, 4.69) is 5.10 Å². The van der Waals surface area contributed by atoms with Gasteiger partial charge < -0.3 is 10.8 Å². The summed E-state index contributed by atoms with van der Waals surface area (Å²) in [4.78, 5) is 11.0. The van der Waals surface area contributed by atoms with E-state index in [1.807, 2.05) is 32.4 Å². The summed E-state index contributed by atoms with van der Waals surface area (Å²) in [5.41, 5.74) is 7.40. The Hall–Kier alpha value is -0.720. The molecule has 0 aromatic carbocycles. The molecular weight excluding hydrogens is 286 g/mol. The zero-order chi connectivity index (χ0) is 14.8. The second-order valence-corrected chi connectivity index (χ2v) is 6.88. The van der Waals surface area contributed by atoms with Crippen molar-refractivity contribution in [3.8, 4) is 0 Å². The molecule has 0 spiro atoms. The molecule has 108 valence electrons. The molecule has 0 radical (unpaired) electrons. The highest BCUT2D eigenvalue weighted by molar-refractivity contribution is 7.99. The zero-order valence-corrected chi connectivity index (χ0v) is 13.2. The van der Waals surface area contributed by atoms with Crippen LogP contribution in [0.3, 0.4) is 0 Å². The van der Waals surface area contributed by atoms with Crippen LogP contribution in [0.25, 0.3) is 0 Å². The largest absolute Gasteiger partial charge is 0.480 e. The quantitative estimate of drug-likeness (QED) is 0.842. The number of aryl methyl sites for hydroxylation is 2. The fourth-order valence-electron chi connectivity index (χ4n) is 1.65. The number of carboxylic acids is 1. The fourth-order valence-corrected chi connectivity index (χ4v) is 3.01. The molecule has 0 unspecified atom stereocenters. The zero-order valence-electron chi connectivity index (χ0n) is 11.6. The molecule has 1 aromatic heterocycles. The SMILES string of the molecule is CCn1nc(C)c(Cl)c1CSC(C)(C)[C@H](N)C(=O)O. The number of aliphatic carboxylic acids is 1. The van der Waals surface area contributed by atoms with E-state index in [0.717, 1.165) is 17.9 Å². The maximum Gasteiger partial charge on any atom is 0.321 e. The first kappa shape index (κ1) is 16.3. The minimum atomic E-state index is -0.997. The van der Waals surface area contributed by atoms with Crippen molar-refractivity contribution in [2.75, 3.05) is 0 Å². The first-order valence-electron chi connectivity index (χ1n) is 6.04. The monoisotopic (exact) mass is 305 g/mol. The number of halogens is 1. The molecule has 0 fully saturated rings. The van der Waals surface area contributed by atoms with Crippen molar-refractivity contribution in [1.29, 1.82) is 0 Å². The number of hydrogen-bond acceptors (Lipinski definition) is 4. The Labute approximate surface area is 122 Å². The van der Waals surface area contributed by atoms with Gasteiger partial charge in [-0.2, -0.15) is 5.10 Å². The van der Waals surface area contributed by atoms with E-state index in [4.69, 9.17) is 22.4 Å². The van der Waals surface area contributed by atoms with Crippen molar-refractivity contribution < 1.29 is 9.90 Å². The van der Waals surface area contributed by atoms with Gasteiger partial charge in [-0.25, -0.2) is 0 Å². The van der Waals surface area contributed by atoms with Crippen molar-refractivity contribution in [3.63, 3.8) is 0 Å². The minimum Gasteiger partial charge on any atom is -0.480 e. The van der Waals surface area contributed by atoms with Crippen LogP contribution in [0.1, 0.15) is 32.2 Å². The van der Waals surface area contributed by atoms with Crippen molar-refractivity contribution in [2.45, 2.75) is 50.8 Å². The van der Waals surface area contributed by atoms with E-state index in [1.54, 1.807) is 0 Å². The Bertz CT molecular complexity index is 474. The molecule has 0 aliphatic rings. The van der Waals surface area contributed by atoms with E-state index >= 15 is 0 Å². The summed E-state index contributed by atoms with van der Waals surface area (Å²) in [5, 5.41) is 14.0. The van der Waals surface area contributed by atoms with Crippen LogP contribution >= 0.6 is 23.4 Å². The minimum absolute atomic E-state index is 0.577. The van der Waals surface area contributed by atoms with Crippen molar-refractivity contribution in [3.05, 3.63) is 16.4 Å². The molecule has 1 aromatic rings. The van der Waals surface area contributed by atoms with Gasteiger partial charge in [0, 0.05) is 17.0 Å². The van der Waals surface area contributed by atoms with Crippen LogP contribution in [-0.4, -0.2) is 31.6 Å². The van der Waals surface area contributed by atoms with Gasteiger partial charge in [-0.1, -0.05) is 11.6 Å². The van der Waals surface area contributed by atoms with E-state index < -0.39 is 16.8 Å². The number of thioether (sulfide) groups is 1. The van der Waals surface area contributed by atoms with E-state index in [-0.39, 0.29) is 0 Å². The maximum absolute atomic E-state index is 11.0.